The lowest BCUT2D eigenvalue weighted by molar-refractivity contribution is 1.17. The lowest BCUT2D eigenvalue weighted by Gasteiger charge is -2.12. The van der Waals surface area contributed by atoms with Crippen LogP contribution in [0.15, 0.2) is 188 Å². The average Bonchev–Trinajstić information content (AvgIpc) is 3.98. The molecule has 274 valence electrons. The quantitative estimate of drug-likeness (QED) is 0.178. The smallest absolute Gasteiger partial charge is 0.160 e. The van der Waals surface area contributed by atoms with Gasteiger partial charge in [0, 0.05) is 73.5 Å². The van der Waals surface area contributed by atoms with Crippen LogP contribution in [0.25, 0.3) is 123 Å². The molecule has 0 fully saturated rings. The number of nitrogens with zero attached hydrogens (tertiary/aromatic N) is 3. The zero-order valence-corrected chi connectivity index (χ0v) is 33.2. The molecule has 9 aromatic carbocycles. The van der Waals surface area contributed by atoms with E-state index in [1.54, 1.807) is 0 Å². The van der Waals surface area contributed by atoms with E-state index in [-0.39, 0.29) is 0 Å². The molecule has 0 saturated heterocycles. The number of rotatable bonds is 4. The first kappa shape index (κ1) is 32.9. The van der Waals surface area contributed by atoms with Gasteiger partial charge in [-0.3, -0.25) is 0 Å². The van der Waals surface area contributed by atoms with Crippen molar-refractivity contribution in [3.05, 3.63) is 188 Å². The van der Waals surface area contributed by atoms with Crippen molar-refractivity contribution in [2.75, 3.05) is 0 Å². The molecular formula is C54H31N3S2. The van der Waals surface area contributed by atoms with Crippen LogP contribution in [0.1, 0.15) is 0 Å². The second-order valence-corrected chi connectivity index (χ2v) is 17.4. The largest absolute Gasteiger partial charge is 0.309 e. The molecule has 0 N–H and O–H groups in total. The van der Waals surface area contributed by atoms with E-state index in [0.29, 0.717) is 0 Å². The highest BCUT2D eigenvalue weighted by Gasteiger charge is 2.19. The number of aromatic nitrogens is 3. The topological polar surface area (TPSA) is 30.7 Å². The van der Waals surface area contributed by atoms with Crippen LogP contribution in [-0.4, -0.2) is 14.5 Å². The van der Waals surface area contributed by atoms with E-state index in [2.05, 4.69) is 193 Å². The Bertz CT molecular complexity index is 3760. The number of thiophene rings is 2. The van der Waals surface area contributed by atoms with E-state index in [4.69, 9.17) is 9.97 Å². The molecule has 0 aliphatic rings. The lowest BCUT2D eigenvalue weighted by atomic mass is 10.00. The number of benzene rings is 9. The fourth-order valence-electron chi connectivity index (χ4n) is 9.28. The molecule has 4 aromatic heterocycles. The van der Waals surface area contributed by atoms with Crippen LogP contribution < -0.4 is 0 Å². The SMILES string of the molecule is c1ccc2c(c1)ccc1c2c2c3ccccc3ccc2n1-c1ccc(-c2cc(-c3cccc4c3sc3ccccc34)nc(-c3ccc4sc5ccccc5c4c3)n2)cc1. The van der Waals surface area contributed by atoms with Crippen molar-refractivity contribution in [2.24, 2.45) is 0 Å². The van der Waals surface area contributed by atoms with Gasteiger partial charge in [-0.25, -0.2) is 9.97 Å². The minimum atomic E-state index is 0.720. The Labute approximate surface area is 346 Å². The molecule has 0 amide bonds. The lowest BCUT2D eigenvalue weighted by Crippen LogP contribution is -1.97. The van der Waals surface area contributed by atoms with Crippen LogP contribution in [0.4, 0.5) is 0 Å². The van der Waals surface area contributed by atoms with Crippen LogP contribution >= 0.6 is 22.7 Å². The van der Waals surface area contributed by atoms with Crippen molar-refractivity contribution in [1.82, 2.24) is 14.5 Å². The maximum absolute atomic E-state index is 5.36. The maximum atomic E-state index is 5.36. The Hall–Kier alpha value is -7.18. The summed E-state index contributed by atoms with van der Waals surface area (Å²) in [6.07, 6.45) is 0. The van der Waals surface area contributed by atoms with Crippen LogP contribution in [0, 0.1) is 0 Å². The second-order valence-electron chi connectivity index (χ2n) is 15.3. The highest BCUT2D eigenvalue weighted by Crippen LogP contribution is 2.43. The van der Waals surface area contributed by atoms with E-state index >= 15 is 0 Å². The Balaban J connectivity index is 1.01. The van der Waals surface area contributed by atoms with Gasteiger partial charge in [0.1, 0.15) is 0 Å². The molecule has 0 radical (unpaired) electrons. The summed E-state index contributed by atoms with van der Waals surface area (Å²) in [6, 6.07) is 68.3. The normalized spacial score (nSPS) is 12.1. The van der Waals surface area contributed by atoms with Gasteiger partial charge < -0.3 is 4.57 Å². The molecule has 0 saturated carbocycles. The molecule has 13 aromatic rings. The molecule has 0 atom stereocenters. The Morgan fingerprint density at radius 2 is 0.932 bits per heavy atom. The third-order valence-electron chi connectivity index (χ3n) is 12.0. The third-order valence-corrected chi connectivity index (χ3v) is 14.4. The molecule has 0 aliphatic carbocycles. The number of hydrogen-bond acceptors (Lipinski definition) is 4. The van der Waals surface area contributed by atoms with E-state index < -0.39 is 0 Å². The summed E-state index contributed by atoms with van der Waals surface area (Å²) >= 11 is 3.66. The van der Waals surface area contributed by atoms with Gasteiger partial charge in [0.15, 0.2) is 5.82 Å². The summed E-state index contributed by atoms with van der Waals surface area (Å²) in [6.45, 7) is 0. The minimum Gasteiger partial charge on any atom is -0.309 e. The summed E-state index contributed by atoms with van der Waals surface area (Å²) in [5.41, 5.74) is 8.49. The molecule has 59 heavy (non-hydrogen) atoms. The summed E-state index contributed by atoms with van der Waals surface area (Å²) < 4.78 is 7.50. The van der Waals surface area contributed by atoms with Crippen molar-refractivity contribution in [2.45, 2.75) is 0 Å². The Kier molecular flexibility index (Phi) is 7.05. The van der Waals surface area contributed by atoms with E-state index in [1.165, 1.54) is 83.7 Å². The molecule has 13 rings (SSSR count). The van der Waals surface area contributed by atoms with Crippen LogP contribution in [0.5, 0.6) is 0 Å². The van der Waals surface area contributed by atoms with Crippen LogP contribution in [0.2, 0.25) is 0 Å². The molecule has 0 spiro atoms. The van der Waals surface area contributed by atoms with Gasteiger partial charge in [0.05, 0.1) is 22.4 Å². The van der Waals surface area contributed by atoms with Crippen molar-refractivity contribution in [3.63, 3.8) is 0 Å². The first-order valence-electron chi connectivity index (χ1n) is 19.9. The van der Waals surface area contributed by atoms with Crippen molar-refractivity contribution in [3.8, 4) is 39.6 Å². The third kappa shape index (κ3) is 4.99. The van der Waals surface area contributed by atoms with Gasteiger partial charge in [-0.15, -0.1) is 22.7 Å². The standard InChI is InChI=1S/C54H31N3S2/c1-3-12-37-32(10-1)22-27-46-51(37)52-38-13-4-2-11-33(38)23-28-47(52)57(46)36-25-20-34(21-26-36)44-31-45(42-17-9-16-41-39-14-5-8-19-49(39)59-53(41)42)56-54(55-44)35-24-29-50-43(30-35)40-15-6-7-18-48(40)58-50/h1-31H. The first-order chi connectivity index (χ1) is 29.2. The van der Waals surface area contributed by atoms with Crippen molar-refractivity contribution < 1.29 is 0 Å². The molecule has 3 nitrogen and oxygen atoms in total. The highest BCUT2D eigenvalue weighted by molar-refractivity contribution is 7.26. The predicted octanol–water partition coefficient (Wildman–Crippen LogP) is 15.6. The molecule has 0 bridgehead atoms. The molecule has 0 aliphatic heterocycles. The highest BCUT2D eigenvalue weighted by atomic mass is 32.1. The Morgan fingerprint density at radius 3 is 1.64 bits per heavy atom. The summed E-state index contributed by atoms with van der Waals surface area (Å²) in [4.78, 5) is 10.7. The van der Waals surface area contributed by atoms with E-state index in [0.717, 1.165) is 39.6 Å². The van der Waals surface area contributed by atoms with Crippen LogP contribution in [-0.2, 0) is 0 Å². The fraction of sp³-hybridized carbons (Fsp3) is 0. The van der Waals surface area contributed by atoms with Gasteiger partial charge in [-0.2, -0.15) is 0 Å². The van der Waals surface area contributed by atoms with Crippen LogP contribution in [0.3, 0.4) is 0 Å². The van der Waals surface area contributed by atoms with E-state index in [1.807, 2.05) is 22.7 Å². The van der Waals surface area contributed by atoms with Gasteiger partial charge in [0.2, 0.25) is 0 Å². The van der Waals surface area contributed by atoms with Gasteiger partial charge >= 0.3 is 0 Å². The summed E-state index contributed by atoms with van der Waals surface area (Å²) in [5, 5.41) is 12.6. The monoisotopic (exact) mass is 785 g/mol. The maximum Gasteiger partial charge on any atom is 0.160 e. The number of hydrogen-bond donors (Lipinski definition) is 0. The van der Waals surface area contributed by atoms with Crippen molar-refractivity contribution in [1.29, 1.82) is 0 Å². The van der Waals surface area contributed by atoms with Gasteiger partial charge in [-0.1, -0.05) is 127 Å². The second kappa shape index (κ2) is 12.7. The van der Waals surface area contributed by atoms with Gasteiger partial charge in [0.25, 0.3) is 0 Å². The first-order valence-corrected chi connectivity index (χ1v) is 21.5. The number of fused-ring (bicyclic) bond motifs is 13. The summed E-state index contributed by atoms with van der Waals surface area (Å²) in [7, 11) is 0. The molecule has 5 heteroatoms. The zero-order valence-electron chi connectivity index (χ0n) is 31.6. The molecule has 4 heterocycles. The van der Waals surface area contributed by atoms with Crippen molar-refractivity contribution >= 4 is 106 Å². The Morgan fingerprint density at radius 1 is 0.373 bits per heavy atom. The van der Waals surface area contributed by atoms with Gasteiger partial charge in [-0.05, 0) is 82.2 Å². The average molecular weight is 786 g/mol. The predicted molar refractivity (Wildman–Crippen MR) is 253 cm³/mol. The van der Waals surface area contributed by atoms with E-state index in [9.17, 15) is 0 Å². The fourth-order valence-corrected chi connectivity index (χ4v) is 11.6. The minimum absolute atomic E-state index is 0.720. The zero-order chi connectivity index (χ0) is 38.6. The molecule has 0 unspecified atom stereocenters. The summed E-state index contributed by atoms with van der Waals surface area (Å²) in [5.74, 6) is 0.720. The molecular weight excluding hydrogens is 755 g/mol.